The van der Waals surface area contributed by atoms with Gasteiger partial charge in [0, 0.05) is 23.0 Å². The van der Waals surface area contributed by atoms with Crippen LogP contribution >= 0.6 is 39.9 Å². The number of nitrogens with one attached hydrogen (secondary N) is 2. The third kappa shape index (κ3) is 5.48. The number of aliphatic hydroxyl groups is 1. The van der Waals surface area contributed by atoms with Gasteiger partial charge in [-0.15, -0.1) is 24.0 Å². The number of nitrogens with zero attached hydrogens (tertiary/aromatic N) is 1. The number of benzene rings is 1. The zero-order valence-corrected chi connectivity index (χ0v) is 19.6. The summed E-state index contributed by atoms with van der Waals surface area (Å²) in [4.78, 5) is 4.56. The third-order valence-electron chi connectivity index (χ3n) is 4.83. The highest BCUT2D eigenvalue weighted by Gasteiger charge is 2.45. The van der Waals surface area contributed by atoms with Crippen molar-refractivity contribution in [3.05, 3.63) is 58.5 Å². The second kappa shape index (κ2) is 9.43. The minimum Gasteiger partial charge on any atom is -0.466 e. The van der Waals surface area contributed by atoms with Crippen molar-refractivity contribution >= 4 is 45.9 Å². The fraction of sp³-hybridized carbons (Fsp3) is 0.450. The van der Waals surface area contributed by atoms with E-state index in [1.54, 1.807) is 25.3 Å². The highest BCUT2D eigenvalue weighted by Crippen LogP contribution is 2.49. The SMILES string of the molecule is CCNC(=NCC(C)(O)c1ccco1)NCC1(c2ccccc2Br)CC1.I. The molecule has 3 N–H and O–H groups in total. The maximum atomic E-state index is 10.6. The molecule has 1 heterocycles. The second-order valence-electron chi connectivity index (χ2n) is 7.06. The minimum absolute atomic E-state index is 0. The molecule has 7 heteroatoms. The average Bonchev–Trinajstić information content (AvgIpc) is 3.18. The lowest BCUT2D eigenvalue weighted by atomic mass is 9.96. The third-order valence-corrected chi connectivity index (χ3v) is 5.53. The zero-order chi connectivity index (χ0) is 18.6. The van der Waals surface area contributed by atoms with Gasteiger partial charge >= 0.3 is 0 Å². The van der Waals surface area contributed by atoms with E-state index < -0.39 is 5.60 Å². The number of furan rings is 1. The molecule has 0 amide bonds. The summed E-state index contributed by atoms with van der Waals surface area (Å²) in [7, 11) is 0. The summed E-state index contributed by atoms with van der Waals surface area (Å²) in [6, 6.07) is 11.9. The van der Waals surface area contributed by atoms with Gasteiger partial charge < -0.3 is 20.2 Å². The van der Waals surface area contributed by atoms with Crippen LogP contribution in [-0.4, -0.2) is 30.7 Å². The molecule has 0 radical (unpaired) electrons. The first-order valence-electron chi connectivity index (χ1n) is 9.00. The monoisotopic (exact) mass is 547 g/mol. The topological polar surface area (TPSA) is 69.8 Å². The van der Waals surface area contributed by atoms with Crippen LogP contribution in [0.15, 0.2) is 56.5 Å². The van der Waals surface area contributed by atoms with Crippen LogP contribution in [0.25, 0.3) is 0 Å². The lowest BCUT2D eigenvalue weighted by Gasteiger charge is -2.22. The van der Waals surface area contributed by atoms with Gasteiger partial charge in [-0.2, -0.15) is 0 Å². The first-order chi connectivity index (χ1) is 12.5. The van der Waals surface area contributed by atoms with Gasteiger partial charge in [-0.3, -0.25) is 0 Å². The first-order valence-corrected chi connectivity index (χ1v) is 9.80. The van der Waals surface area contributed by atoms with Crippen LogP contribution in [0.5, 0.6) is 0 Å². The molecule has 0 aliphatic heterocycles. The zero-order valence-electron chi connectivity index (χ0n) is 15.7. The van der Waals surface area contributed by atoms with Crippen molar-refractivity contribution < 1.29 is 9.52 Å². The highest BCUT2D eigenvalue weighted by atomic mass is 127. The predicted molar refractivity (Wildman–Crippen MR) is 123 cm³/mol. The molecule has 1 saturated carbocycles. The molecule has 0 bridgehead atoms. The molecule has 0 saturated heterocycles. The van der Waals surface area contributed by atoms with E-state index in [0.717, 1.165) is 30.4 Å². The molecular weight excluding hydrogens is 521 g/mol. The molecule has 1 aliphatic rings. The molecule has 1 unspecified atom stereocenters. The van der Waals surface area contributed by atoms with E-state index >= 15 is 0 Å². The molecule has 1 atom stereocenters. The Kier molecular flexibility index (Phi) is 7.76. The van der Waals surface area contributed by atoms with Crippen molar-refractivity contribution in [1.82, 2.24) is 10.6 Å². The van der Waals surface area contributed by atoms with Crippen LogP contribution in [0.2, 0.25) is 0 Å². The Hall–Kier alpha value is -1.06. The minimum atomic E-state index is -1.13. The number of rotatable bonds is 7. The molecule has 148 valence electrons. The van der Waals surface area contributed by atoms with Gasteiger partial charge in [-0.1, -0.05) is 34.1 Å². The summed E-state index contributed by atoms with van der Waals surface area (Å²) in [6.07, 6.45) is 3.88. The van der Waals surface area contributed by atoms with E-state index in [4.69, 9.17) is 4.42 Å². The summed E-state index contributed by atoms with van der Waals surface area (Å²) in [6.45, 7) is 5.53. The Morgan fingerprint density at radius 3 is 2.59 bits per heavy atom. The Balaban J connectivity index is 0.00000261. The van der Waals surface area contributed by atoms with Crippen molar-refractivity contribution in [3.63, 3.8) is 0 Å². The van der Waals surface area contributed by atoms with Crippen molar-refractivity contribution in [2.24, 2.45) is 4.99 Å². The normalized spacial score (nSPS) is 17.6. The molecule has 1 aliphatic carbocycles. The van der Waals surface area contributed by atoms with Crippen LogP contribution in [-0.2, 0) is 11.0 Å². The maximum Gasteiger partial charge on any atom is 0.191 e. The summed E-state index contributed by atoms with van der Waals surface area (Å²) < 4.78 is 6.48. The van der Waals surface area contributed by atoms with Gasteiger partial charge in [0.2, 0.25) is 0 Å². The largest absolute Gasteiger partial charge is 0.466 e. The van der Waals surface area contributed by atoms with Crippen molar-refractivity contribution in [3.8, 4) is 0 Å². The number of guanidine groups is 1. The van der Waals surface area contributed by atoms with Crippen molar-refractivity contribution in [2.75, 3.05) is 19.6 Å². The fourth-order valence-corrected chi connectivity index (χ4v) is 3.78. The number of halogens is 2. The molecule has 2 aromatic rings. The van der Waals surface area contributed by atoms with Crippen molar-refractivity contribution in [2.45, 2.75) is 37.7 Å². The molecule has 1 aromatic carbocycles. The average molecular weight is 548 g/mol. The predicted octanol–water partition coefficient (Wildman–Crippen LogP) is 4.15. The molecule has 27 heavy (non-hydrogen) atoms. The summed E-state index contributed by atoms with van der Waals surface area (Å²) >= 11 is 3.67. The van der Waals surface area contributed by atoms with Gasteiger partial charge in [0.1, 0.15) is 11.4 Å². The highest BCUT2D eigenvalue weighted by molar-refractivity contribution is 14.0. The number of hydrogen-bond acceptors (Lipinski definition) is 3. The smallest absolute Gasteiger partial charge is 0.191 e. The van der Waals surface area contributed by atoms with E-state index in [1.165, 1.54) is 5.56 Å². The standard InChI is InChI=1S/C20H26BrN3O2.HI/c1-3-22-18(23-13-19(2,25)17-9-6-12-26-17)24-14-20(10-11-20)15-7-4-5-8-16(15)21;/h4-9,12,25H,3,10-11,13-14H2,1-2H3,(H2,22,23,24);1H. The van der Waals surface area contributed by atoms with Crippen molar-refractivity contribution in [1.29, 1.82) is 0 Å². The van der Waals surface area contributed by atoms with Gasteiger partial charge in [0.25, 0.3) is 0 Å². The second-order valence-corrected chi connectivity index (χ2v) is 7.91. The van der Waals surface area contributed by atoms with E-state index in [1.807, 2.05) is 13.0 Å². The Morgan fingerprint density at radius 2 is 2.00 bits per heavy atom. The lowest BCUT2D eigenvalue weighted by molar-refractivity contribution is 0.0437. The van der Waals surface area contributed by atoms with E-state index in [2.05, 4.69) is 49.8 Å². The van der Waals surface area contributed by atoms with Gasteiger partial charge in [0.15, 0.2) is 5.96 Å². The van der Waals surface area contributed by atoms with Gasteiger partial charge in [-0.25, -0.2) is 4.99 Å². The van der Waals surface area contributed by atoms with Gasteiger partial charge in [0.05, 0.1) is 12.8 Å². The number of hydrogen-bond donors (Lipinski definition) is 3. The summed E-state index contributed by atoms with van der Waals surface area (Å²) in [5.74, 6) is 1.22. The van der Waals surface area contributed by atoms with Crippen LogP contribution < -0.4 is 10.6 Å². The quantitative estimate of drug-likeness (QED) is 0.277. The Labute approximate surface area is 186 Å². The molecule has 1 fully saturated rings. The molecule has 1 aromatic heterocycles. The van der Waals surface area contributed by atoms with Crippen LogP contribution in [0, 0.1) is 0 Å². The first kappa shape index (κ1) is 22.2. The van der Waals surface area contributed by atoms with Crippen LogP contribution in [0.4, 0.5) is 0 Å². The molecule has 3 rings (SSSR count). The van der Waals surface area contributed by atoms with E-state index in [-0.39, 0.29) is 35.9 Å². The molecule has 5 nitrogen and oxygen atoms in total. The van der Waals surface area contributed by atoms with Crippen LogP contribution in [0.3, 0.4) is 0 Å². The van der Waals surface area contributed by atoms with Gasteiger partial charge in [-0.05, 0) is 50.5 Å². The lowest BCUT2D eigenvalue weighted by Crippen LogP contribution is -2.42. The number of aliphatic imine (C=N–C) groups is 1. The van der Waals surface area contributed by atoms with E-state index in [0.29, 0.717) is 11.7 Å². The molecular formula is C20H27BrIN3O2. The van der Waals surface area contributed by atoms with Crippen LogP contribution in [0.1, 0.15) is 38.0 Å². The van der Waals surface area contributed by atoms with E-state index in [9.17, 15) is 5.11 Å². The summed E-state index contributed by atoms with van der Waals surface area (Å²) in [5, 5.41) is 17.3. The Morgan fingerprint density at radius 1 is 1.26 bits per heavy atom. The molecule has 0 spiro atoms. The summed E-state index contributed by atoms with van der Waals surface area (Å²) in [5.41, 5.74) is 0.358. The maximum absolute atomic E-state index is 10.6. The fourth-order valence-electron chi connectivity index (χ4n) is 3.07. The Bertz CT molecular complexity index is 758.